The van der Waals surface area contributed by atoms with Crippen molar-refractivity contribution < 1.29 is 19.1 Å². The summed E-state index contributed by atoms with van der Waals surface area (Å²) in [5, 5.41) is 1.61. The van der Waals surface area contributed by atoms with Gasteiger partial charge in [-0.1, -0.05) is 47.5 Å². The fourth-order valence-electron chi connectivity index (χ4n) is 3.22. The zero-order valence-corrected chi connectivity index (χ0v) is 21.2. The summed E-state index contributed by atoms with van der Waals surface area (Å²) in [6.45, 7) is 0.255. The van der Waals surface area contributed by atoms with Crippen LogP contribution in [0.1, 0.15) is 21.5 Å². The third-order valence-corrected chi connectivity index (χ3v) is 6.77. The topological polar surface area (TPSA) is 68.2 Å². The molecule has 0 aliphatic carbocycles. The Morgan fingerprint density at radius 1 is 1.09 bits per heavy atom. The van der Waals surface area contributed by atoms with E-state index in [1.807, 2.05) is 30.3 Å². The number of hydrogen-bond acceptors (Lipinski definition) is 6. The molecule has 1 saturated heterocycles. The molecule has 1 aliphatic rings. The molecule has 1 fully saturated rings. The van der Waals surface area contributed by atoms with Crippen molar-refractivity contribution in [1.29, 1.82) is 0 Å². The Hall–Kier alpha value is -3.26. The smallest absolute Gasteiger partial charge is 0.337 e. The average molecular weight is 527 g/mol. The number of carbonyl (C=O) groups is 2. The highest BCUT2D eigenvalue weighted by molar-refractivity contribution is 8.18. The number of aliphatic imine (C=N–C) groups is 1. The van der Waals surface area contributed by atoms with Gasteiger partial charge in [-0.25, -0.2) is 9.79 Å². The van der Waals surface area contributed by atoms with Gasteiger partial charge in [-0.3, -0.25) is 9.69 Å². The molecule has 0 N–H and O–H groups in total. The zero-order chi connectivity index (χ0) is 24.9. The number of carbonyl (C=O) groups excluding carboxylic acids is 2. The van der Waals surface area contributed by atoms with E-state index in [0.29, 0.717) is 37.1 Å². The van der Waals surface area contributed by atoms with Gasteiger partial charge in [0, 0.05) is 28.2 Å². The lowest BCUT2D eigenvalue weighted by Gasteiger charge is -2.11. The maximum Gasteiger partial charge on any atom is 0.337 e. The highest BCUT2D eigenvalue weighted by Gasteiger charge is 2.30. The van der Waals surface area contributed by atoms with Crippen molar-refractivity contribution in [3.63, 3.8) is 0 Å². The second-order valence-electron chi connectivity index (χ2n) is 7.47. The predicted molar refractivity (Wildman–Crippen MR) is 140 cm³/mol. The lowest BCUT2D eigenvalue weighted by molar-refractivity contribution is -0.121. The molecule has 0 aromatic heterocycles. The summed E-state index contributed by atoms with van der Waals surface area (Å²) in [5.41, 5.74) is 2.60. The van der Waals surface area contributed by atoms with Gasteiger partial charge in [0.15, 0.2) is 5.17 Å². The van der Waals surface area contributed by atoms with Crippen LogP contribution in [0.4, 0.5) is 5.69 Å². The monoisotopic (exact) mass is 526 g/mol. The maximum absolute atomic E-state index is 12.9. The van der Waals surface area contributed by atoms with E-state index in [0.717, 1.165) is 11.1 Å². The van der Waals surface area contributed by atoms with Crippen LogP contribution < -0.4 is 4.74 Å². The number of para-hydroxylation sites is 1. The molecule has 178 valence electrons. The molecule has 0 radical (unpaired) electrons. The average Bonchev–Trinajstić information content (AvgIpc) is 3.12. The SMILES string of the molecule is COC(=O)c1ccc(N=C2SC(=Cc3ccccc3OCc3ccc(Cl)cc3Cl)C(=O)N2C)cc1. The molecule has 3 aromatic carbocycles. The molecule has 1 aliphatic heterocycles. The van der Waals surface area contributed by atoms with Gasteiger partial charge >= 0.3 is 5.97 Å². The fourth-order valence-corrected chi connectivity index (χ4v) is 4.66. The maximum atomic E-state index is 12.9. The fraction of sp³-hybridized carbons (Fsp3) is 0.115. The minimum atomic E-state index is -0.420. The van der Waals surface area contributed by atoms with E-state index in [9.17, 15) is 9.59 Å². The first-order valence-electron chi connectivity index (χ1n) is 10.5. The number of esters is 1. The minimum absolute atomic E-state index is 0.171. The molecule has 4 rings (SSSR count). The van der Waals surface area contributed by atoms with Gasteiger partial charge in [-0.15, -0.1) is 0 Å². The van der Waals surface area contributed by atoms with E-state index in [1.165, 1.54) is 23.8 Å². The van der Waals surface area contributed by atoms with Crippen LogP contribution in [0.15, 0.2) is 76.6 Å². The second-order valence-corrected chi connectivity index (χ2v) is 9.32. The van der Waals surface area contributed by atoms with Crippen molar-refractivity contribution in [3.8, 4) is 5.75 Å². The van der Waals surface area contributed by atoms with Gasteiger partial charge in [0.25, 0.3) is 5.91 Å². The van der Waals surface area contributed by atoms with E-state index in [-0.39, 0.29) is 12.5 Å². The minimum Gasteiger partial charge on any atom is -0.488 e. The lowest BCUT2D eigenvalue weighted by Crippen LogP contribution is -2.23. The van der Waals surface area contributed by atoms with Gasteiger partial charge in [0.05, 0.1) is 23.3 Å². The van der Waals surface area contributed by atoms with Gasteiger partial charge in [0.2, 0.25) is 0 Å². The van der Waals surface area contributed by atoms with Gasteiger partial charge in [0.1, 0.15) is 12.4 Å². The van der Waals surface area contributed by atoms with E-state index in [2.05, 4.69) is 4.99 Å². The first kappa shape index (κ1) is 24.9. The summed E-state index contributed by atoms with van der Waals surface area (Å²) in [6, 6.07) is 19.3. The number of amides is 1. The van der Waals surface area contributed by atoms with E-state index >= 15 is 0 Å². The van der Waals surface area contributed by atoms with E-state index in [4.69, 9.17) is 32.7 Å². The highest BCUT2D eigenvalue weighted by Crippen LogP contribution is 2.35. The van der Waals surface area contributed by atoms with Gasteiger partial charge in [-0.05, 0) is 60.3 Å². The van der Waals surface area contributed by atoms with Crippen LogP contribution in [0, 0.1) is 0 Å². The van der Waals surface area contributed by atoms with Crippen LogP contribution in [0.3, 0.4) is 0 Å². The first-order valence-corrected chi connectivity index (χ1v) is 12.0. The van der Waals surface area contributed by atoms with E-state index in [1.54, 1.807) is 49.5 Å². The summed E-state index contributed by atoms with van der Waals surface area (Å²) in [6.07, 6.45) is 1.78. The Balaban J connectivity index is 1.53. The zero-order valence-electron chi connectivity index (χ0n) is 18.8. The van der Waals surface area contributed by atoms with Gasteiger partial charge < -0.3 is 9.47 Å². The predicted octanol–water partition coefficient (Wildman–Crippen LogP) is 6.59. The number of likely N-dealkylation sites (N-methyl/N-ethyl adjacent to an activating group) is 1. The number of rotatable bonds is 6. The van der Waals surface area contributed by atoms with Crippen molar-refractivity contribution in [1.82, 2.24) is 4.90 Å². The third-order valence-electron chi connectivity index (χ3n) is 5.12. The molecule has 6 nitrogen and oxygen atoms in total. The van der Waals surface area contributed by atoms with Crippen molar-refractivity contribution in [2.24, 2.45) is 4.99 Å². The van der Waals surface area contributed by atoms with Crippen LogP contribution in [0.2, 0.25) is 10.0 Å². The van der Waals surface area contributed by atoms with Crippen LogP contribution in [-0.4, -0.2) is 36.1 Å². The molecule has 0 unspecified atom stereocenters. The molecule has 0 bridgehead atoms. The van der Waals surface area contributed by atoms with Crippen LogP contribution in [0.5, 0.6) is 5.75 Å². The number of hydrogen-bond donors (Lipinski definition) is 0. The summed E-state index contributed by atoms with van der Waals surface area (Å²) in [4.78, 5) is 31.1. The number of ether oxygens (including phenoxy) is 2. The third kappa shape index (κ3) is 5.88. The summed E-state index contributed by atoms with van der Waals surface area (Å²) >= 11 is 13.5. The number of nitrogens with zero attached hydrogens (tertiary/aromatic N) is 2. The first-order chi connectivity index (χ1) is 16.9. The molecule has 9 heteroatoms. The van der Waals surface area contributed by atoms with Crippen LogP contribution in [0.25, 0.3) is 6.08 Å². The second kappa shape index (κ2) is 11.0. The van der Waals surface area contributed by atoms with Crippen molar-refractivity contribution >= 4 is 63.8 Å². The Labute approximate surface area is 217 Å². The Bertz CT molecular complexity index is 1340. The standard InChI is InChI=1S/C26H20Cl2N2O4S/c1-30-24(31)23(35-26(30)29-20-11-8-16(9-12-20)25(32)33-2)13-17-5-3-4-6-22(17)34-15-18-7-10-19(27)14-21(18)28/h3-14H,15H2,1-2H3. The lowest BCUT2D eigenvalue weighted by atomic mass is 10.1. The summed E-state index contributed by atoms with van der Waals surface area (Å²) in [7, 11) is 3.00. The van der Waals surface area contributed by atoms with Crippen LogP contribution in [-0.2, 0) is 16.1 Å². The Kier molecular flexibility index (Phi) is 7.80. The molecule has 0 saturated carbocycles. The quantitative estimate of drug-likeness (QED) is 0.267. The van der Waals surface area contributed by atoms with Crippen molar-refractivity contribution in [2.45, 2.75) is 6.61 Å². The van der Waals surface area contributed by atoms with E-state index < -0.39 is 5.97 Å². The highest BCUT2D eigenvalue weighted by atomic mass is 35.5. The molecule has 1 amide bonds. The number of amidine groups is 1. The summed E-state index contributed by atoms with van der Waals surface area (Å²) in [5.74, 6) is 0.0255. The van der Waals surface area contributed by atoms with Crippen LogP contribution >= 0.6 is 35.0 Å². The number of thioether (sulfide) groups is 1. The number of benzene rings is 3. The molecule has 0 spiro atoms. The molecule has 0 atom stereocenters. The molecular weight excluding hydrogens is 507 g/mol. The van der Waals surface area contributed by atoms with Gasteiger partial charge in [-0.2, -0.15) is 0 Å². The van der Waals surface area contributed by atoms with Crippen molar-refractivity contribution in [3.05, 3.63) is 98.4 Å². The number of halogens is 2. The molecule has 3 aromatic rings. The molecule has 1 heterocycles. The molecular formula is C26H20Cl2N2O4S. The Morgan fingerprint density at radius 3 is 2.54 bits per heavy atom. The Morgan fingerprint density at radius 2 is 1.83 bits per heavy atom. The molecule has 35 heavy (non-hydrogen) atoms. The number of methoxy groups -OCH3 is 1. The summed E-state index contributed by atoms with van der Waals surface area (Å²) < 4.78 is 10.7. The largest absolute Gasteiger partial charge is 0.488 e. The normalized spacial score (nSPS) is 15.7. The van der Waals surface area contributed by atoms with Crippen molar-refractivity contribution in [2.75, 3.05) is 14.2 Å².